The summed E-state index contributed by atoms with van der Waals surface area (Å²) >= 11 is 0. The fourth-order valence-corrected chi connectivity index (χ4v) is 4.80. The normalized spacial score (nSPS) is 14.5. The first-order valence-corrected chi connectivity index (χ1v) is 11.6. The molecule has 9 nitrogen and oxygen atoms in total. The number of benzene rings is 1. The highest BCUT2D eigenvalue weighted by Crippen LogP contribution is 2.37. The molecule has 0 bridgehead atoms. The molecule has 0 amide bonds. The van der Waals surface area contributed by atoms with Crippen LogP contribution in [0.1, 0.15) is 18.9 Å². The Morgan fingerprint density at radius 1 is 0.971 bits per heavy atom. The van der Waals surface area contributed by atoms with E-state index >= 15 is 0 Å². The van der Waals surface area contributed by atoms with Crippen molar-refractivity contribution in [3.05, 3.63) is 77.6 Å². The number of aryl methyl sites for hydroxylation is 1. The van der Waals surface area contributed by atoms with Crippen LogP contribution < -0.4 is 11.3 Å². The van der Waals surface area contributed by atoms with Crippen LogP contribution in [0.3, 0.4) is 0 Å². The number of rotatable bonds is 4. The number of hydrogen-bond acceptors (Lipinski definition) is 6. The van der Waals surface area contributed by atoms with Gasteiger partial charge in [-0.2, -0.15) is 10.2 Å². The van der Waals surface area contributed by atoms with Gasteiger partial charge in [-0.3, -0.25) is 9.48 Å². The SMILES string of the molecule is Cn1ccc(-c2cccc(-c3cc(-c4ccnn4C4CCOCC4)c4c(N)ncnn34)c2)cc1=O. The van der Waals surface area contributed by atoms with Crippen molar-refractivity contribution in [1.29, 1.82) is 0 Å². The largest absolute Gasteiger partial charge is 0.382 e. The minimum Gasteiger partial charge on any atom is -0.382 e. The molecule has 0 unspecified atom stereocenters. The summed E-state index contributed by atoms with van der Waals surface area (Å²) in [5.41, 5.74) is 12.6. The van der Waals surface area contributed by atoms with Crippen molar-refractivity contribution >= 4 is 11.3 Å². The number of pyridine rings is 1. The summed E-state index contributed by atoms with van der Waals surface area (Å²) in [6.45, 7) is 1.46. The molecule has 1 aliphatic heterocycles. The van der Waals surface area contributed by atoms with E-state index < -0.39 is 0 Å². The fraction of sp³-hybridized carbons (Fsp3) is 0.231. The molecule has 5 heterocycles. The Bertz CT molecular complexity index is 1590. The van der Waals surface area contributed by atoms with Crippen LogP contribution in [-0.2, 0) is 11.8 Å². The quantitative estimate of drug-likeness (QED) is 0.433. The number of fused-ring (bicyclic) bond motifs is 1. The van der Waals surface area contributed by atoms with E-state index in [-0.39, 0.29) is 11.6 Å². The molecule has 0 radical (unpaired) electrons. The summed E-state index contributed by atoms with van der Waals surface area (Å²) in [5, 5.41) is 9.18. The summed E-state index contributed by atoms with van der Waals surface area (Å²) in [6.07, 6.45) is 6.90. The Labute approximate surface area is 201 Å². The van der Waals surface area contributed by atoms with E-state index in [1.165, 1.54) is 6.33 Å². The molecule has 35 heavy (non-hydrogen) atoms. The monoisotopic (exact) mass is 467 g/mol. The van der Waals surface area contributed by atoms with Gasteiger partial charge in [0, 0.05) is 49.8 Å². The number of anilines is 1. The van der Waals surface area contributed by atoms with Crippen LogP contribution in [-0.4, -0.2) is 42.2 Å². The molecular formula is C26H25N7O2. The van der Waals surface area contributed by atoms with Crippen molar-refractivity contribution < 1.29 is 4.74 Å². The smallest absolute Gasteiger partial charge is 0.250 e. The van der Waals surface area contributed by atoms with E-state index in [1.807, 2.05) is 41.0 Å². The van der Waals surface area contributed by atoms with Gasteiger partial charge in [-0.25, -0.2) is 9.50 Å². The van der Waals surface area contributed by atoms with E-state index in [1.54, 1.807) is 23.9 Å². The van der Waals surface area contributed by atoms with Gasteiger partial charge in [-0.15, -0.1) is 0 Å². The Morgan fingerprint density at radius 2 is 1.77 bits per heavy atom. The second-order valence-corrected chi connectivity index (χ2v) is 8.80. The standard InChI is InChI=1S/C26H25N7O2/c1-31-10-6-18(14-24(31)34)17-3-2-4-19(13-17)23-15-21(25-26(27)28-16-30-33(23)25)22-5-9-29-32(22)20-7-11-35-12-8-20/h2-6,9-10,13-16,20H,7-8,11-12H2,1H3,(H2,27,28,30). The first kappa shape index (κ1) is 21.3. The Balaban J connectivity index is 1.51. The van der Waals surface area contributed by atoms with Crippen LogP contribution in [0.5, 0.6) is 0 Å². The highest BCUT2D eigenvalue weighted by Gasteiger charge is 2.23. The third-order valence-electron chi connectivity index (χ3n) is 6.66. The molecule has 1 aliphatic rings. The van der Waals surface area contributed by atoms with Gasteiger partial charge in [-0.05, 0) is 48.2 Å². The molecule has 0 aliphatic carbocycles. The van der Waals surface area contributed by atoms with Crippen LogP contribution in [0.25, 0.3) is 39.2 Å². The lowest BCUT2D eigenvalue weighted by Crippen LogP contribution is -2.21. The van der Waals surface area contributed by atoms with Crippen LogP contribution in [0.2, 0.25) is 0 Å². The molecule has 176 valence electrons. The molecule has 0 spiro atoms. The zero-order valence-electron chi connectivity index (χ0n) is 19.3. The summed E-state index contributed by atoms with van der Waals surface area (Å²) < 4.78 is 11.0. The fourth-order valence-electron chi connectivity index (χ4n) is 4.80. The summed E-state index contributed by atoms with van der Waals surface area (Å²) in [7, 11) is 1.74. The highest BCUT2D eigenvalue weighted by molar-refractivity contribution is 5.91. The first-order chi connectivity index (χ1) is 17.1. The lowest BCUT2D eigenvalue weighted by atomic mass is 10.0. The zero-order chi connectivity index (χ0) is 23.9. The molecule has 1 fully saturated rings. The number of nitrogen functional groups attached to an aromatic ring is 1. The van der Waals surface area contributed by atoms with Crippen LogP contribution in [0.15, 0.2) is 72.0 Å². The molecule has 4 aromatic heterocycles. The van der Waals surface area contributed by atoms with Crippen molar-refractivity contribution in [3.63, 3.8) is 0 Å². The van der Waals surface area contributed by atoms with Gasteiger partial charge >= 0.3 is 0 Å². The number of nitrogens with zero attached hydrogens (tertiary/aromatic N) is 6. The lowest BCUT2D eigenvalue weighted by molar-refractivity contribution is 0.0667. The number of ether oxygens (including phenoxy) is 1. The van der Waals surface area contributed by atoms with Crippen molar-refractivity contribution in [1.82, 2.24) is 28.9 Å². The van der Waals surface area contributed by atoms with Crippen LogP contribution in [0, 0.1) is 0 Å². The van der Waals surface area contributed by atoms with E-state index in [0.717, 1.165) is 65.2 Å². The number of nitrogens with two attached hydrogens (primary N) is 1. The molecule has 6 rings (SSSR count). The topological polar surface area (TPSA) is 105 Å². The van der Waals surface area contributed by atoms with Crippen molar-refractivity contribution in [2.45, 2.75) is 18.9 Å². The molecular weight excluding hydrogens is 442 g/mol. The third-order valence-corrected chi connectivity index (χ3v) is 6.66. The van der Waals surface area contributed by atoms with E-state index in [0.29, 0.717) is 5.82 Å². The summed E-state index contributed by atoms with van der Waals surface area (Å²) in [5.74, 6) is 0.406. The van der Waals surface area contributed by atoms with Crippen molar-refractivity contribution in [3.8, 4) is 33.6 Å². The van der Waals surface area contributed by atoms with Gasteiger partial charge in [-0.1, -0.05) is 18.2 Å². The maximum Gasteiger partial charge on any atom is 0.250 e. The van der Waals surface area contributed by atoms with Gasteiger partial charge in [0.05, 0.1) is 17.4 Å². The van der Waals surface area contributed by atoms with E-state index in [4.69, 9.17) is 10.5 Å². The molecule has 2 N–H and O–H groups in total. The molecule has 0 atom stereocenters. The van der Waals surface area contributed by atoms with Crippen LogP contribution >= 0.6 is 0 Å². The van der Waals surface area contributed by atoms with E-state index in [9.17, 15) is 4.79 Å². The Kier molecular flexibility index (Phi) is 5.18. The summed E-state index contributed by atoms with van der Waals surface area (Å²) in [6, 6.07) is 16.0. The highest BCUT2D eigenvalue weighted by atomic mass is 16.5. The van der Waals surface area contributed by atoms with Crippen LogP contribution in [0.4, 0.5) is 5.82 Å². The molecule has 1 saturated heterocycles. The van der Waals surface area contributed by atoms with Gasteiger partial charge in [0.1, 0.15) is 11.8 Å². The van der Waals surface area contributed by atoms with Crippen molar-refractivity contribution in [2.24, 2.45) is 7.05 Å². The molecule has 0 saturated carbocycles. The summed E-state index contributed by atoms with van der Waals surface area (Å²) in [4.78, 5) is 16.5. The predicted molar refractivity (Wildman–Crippen MR) is 134 cm³/mol. The maximum atomic E-state index is 12.2. The van der Waals surface area contributed by atoms with Gasteiger partial charge < -0.3 is 15.0 Å². The van der Waals surface area contributed by atoms with Gasteiger partial charge in [0.25, 0.3) is 5.56 Å². The predicted octanol–water partition coefficient (Wildman–Crippen LogP) is 3.56. The Morgan fingerprint density at radius 3 is 2.60 bits per heavy atom. The van der Waals surface area contributed by atoms with E-state index in [2.05, 4.69) is 32.0 Å². The zero-order valence-corrected chi connectivity index (χ0v) is 19.3. The second-order valence-electron chi connectivity index (χ2n) is 8.80. The minimum absolute atomic E-state index is 0.0507. The van der Waals surface area contributed by atoms with Gasteiger partial charge in [0.2, 0.25) is 0 Å². The molecule has 9 heteroatoms. The van der Waals surface area contributed by atoms with Gasteiger partial charge in [0.15, 0.2) is 5.82 Å². The molecule has 5 aromatic rings. The average Bonchev–Trinajstić information content (AvgIpc) is 3.52. The number of hydrogen-bond donors (Lipinski definition) is 1. The first-order valence-electron chi connectivity index (χ1n) is 11.6. The van der Waals surface area contributed by atoms with Crippen molar-refractivity contribution in [2.75, 3.05) is 18.9 Å². The molecule has 1 aromatic carbocycles. The Hall–Kier alpha value is -4.24. The lowest BCUT2D eigenvalue weighted by Gasteiger charge is -2.24. The second kappa shape index (κ2) is 8.52. The third kappa shape index (κ3) is 3.70. The number of aromatic nitrogens is 6. The maximum absolute atomic E-state index is 12.2. The minimum atomic E-state index is -0.0507. The average molecular weight is 468 g/mol.